The summed E-state index contributed by atoms with van der Waals surface area (Å²) in [4.78, 5) is 14.1. The van der Waals surface area contributed by atoms with E-state index in [0.29, 0.717) is 0 Å². The number of rotatable bonds is 5. The highest BCUT2D eigenvalue weighted by Crippen LogP contribution is 2.14. The van der Waals surface area contributed by atoms with E-state index in [0.717, 1.165) is 38.8 Å². The third-order valence-electron chi connectivity index (χ3n) is 3.85. The molecule has 1 heterocycles. The Bertz CT molecular complexity index is 431. The van der Waals surface area contributed by atoms with Crippen molar-refractivity contribution < 1.29 is 4.79 Å². The standard InChI is InChI=1S/C16H24N2O/c1-13-6-3-7-14(12-13)8-4-10-17-16(19)15-9-5-11-18(15)2/h3,6-7,12,15H,4-5,8-11H2,1-2H3,(H,17,19)/t15-/m0/s1. The summed E-state index contributed by atoms with van der Waals surface area (Å²) >= 11 is 0. The largest absolute Gasteiger partial charge is 0.355 e. The highest BCUT2D eigenvalue weighted by Gasteiger charge is 2.26. The molecule has 1 saturated heterocycles. The van der Waals surface area contributed by atoms with Crippen molar-refractivity contribution in [1.29, 1.82) is 0 Å². The molecule has 1 aromatic rings. The number of likely N-dealkylation sites (N-methyl/N-ethyl adjacent to an activating group) is 1. The second-order valence-electron chi connectivity index (χ2n) is 5.52. The molecule has 0 spiro atoms. The predicted octanol–water partition coefficient (Wildman–Crippen LogP) is 2.14. The monoisotopic (exact) mass is 260 g/mol. The van der Waals surface area contributed by atoms with Crippen molar-refractivity contribution in [2.45, 2.75) is 38.6 Å². The molecule has 3 heteroatoms. The van der Waals surface area contributed by atoms with Gasteiger partial charge in [0, 0.05) is 6.54 Å². The van der Waals surface area contributed by atoms with E-state index in [-0.39, 0.29) is 11.9 Å². The van der Waals surface area contributed by atoms with E-state index < -0.39 is 0 Å². The third kappa shape index (κ3) is 4.06. The minimum atomic E-state index is 0.0963. The first-order valence-corrected chi connectivity index (χ1v) is 7.20. The Morgan fingerprint density at radius 2 is 2.32 bits per heavy atom. The summed E-state index contributed by atoms with van der Waals surface area (Å²) in [5, 5.41) is 3.06. The van der Waals surface area contributed by atoms with Crippen molar-refractivity contribution in [3.8, 4) is 0 Å². The smallest absolute Gasteiger partial charge is 0.237 e. The number of hydrogen-bond acceptors (Lipinski definition) is 2. The number of nitrogens with one attached hydrogen (secondary N) is 1. The van der Waals surface area contributed by atoms with Gasteiger partial charge in [0.25, 0.3) is 0 Å². The maximum absolute atomic E-state index is 12.0. The SMILES string of the molecule is Cc1cccc(CCCNC(=O)[C@@H]2CCCN2C)c1. The first-order valence-electron chi connectivity index (χ1n) is 7.20. The lowest BCUT2D eigenvalue weighted by Crippen LogP contribution is -2.41. The maximum Gasteiger partial charge on any atom is 0.237 e. The second kappa shape index (κ2) is 6.71. The van der Waals surface area contributed by atoms with Crippen molar-refractivity contribution in [1.82, 2.24) is 10.2 Å². The fourth-order valence-electron chi connectivity index (χ4n) is 2.73. The van der Waals surface area contributed by atoms with Crippen LogP contribution in [0, 0.1) is 6.92 Å². The van der Waals surface area contributed by atoms with Crippen LogP contribution >= 0.6 is 0 Å². The molecule has 1 N–H and O–H groups in total. The summed E-state index contributed by atoms with van der Waals surface area (Å²) in [6, 6.07) is 8.67. The zero-order chi connectivity index (χ0) is 13.7. The molecule has 0 aliphatic carbocycles. The lowest BCUT2D eigenvalue weighted by atomic mass is 10.1. The number of carbonyl (C=O) groups excluding carboxylic acids is 1. The molecule has 104 valence electrons. The van der Waals surface area contributed by atoms with E-state index >= 15 is 0 Å². The molecule has 0 saturated carbocycles. The van der Waals surface area contributed by atoms with Gasteiger partial charge in [0.1, 0.15) is 0 Å². The van der Waals surface area contributed by atoms with Gasteiger partial charge in [0.05, 0.1) is 6.04 Å². The number of benzene rings is 1. The molecule has 1 aliphatic rings. The van der Waals surface area contributed by atoms with Crippen LogP contribution in [0.4, 0.5) is 0 Å². The van der Waals surface area contributed by atoms with Gasteiger partial charge in [-0.25, -0.2) is 0 Å². The Morgan fingerprint density at radius 3 is 3.00 bits per heavy atom. The number of hydrogen-bond donors (Lipinski definition) is 1. The summed E-state index contributed by atoms with van der Waals surface area (Å²) in [6.45, 7) is 3.93. The molecular weight excluding hydrogens is 236 g/mol. The van der Waals surface area contributed by atoms with E-state index in [1.54, 1.807) is 0 Å². The van der Waals surface area contributed by atoms with E-state index in [4.69, 9.17) is 0 Å². The van der Waals surface area contributed by atoms with Crippen LogP contribution < -0.4 is 5.32 Å². The van der Waals surface area contributed by atoms with Gasteiger partial charge in [0.15, 0.2) is 0 Å². The Balaban J connectivity index is 1.68. The molecule has 0 unspecified atom stereocenters. The zero-order valence-corrected chi connectivity index (χ0v) is 12.0. The summed E-state index contributed by atoms with van der Waals surface area (Å²) in [5.41, 5.74) is 2.65. The highest BCUT2D eigenvalue weighted by molar-refractivity contribution is 5.81. The maximum atomic E-state index is 12.0. The van der Waals surface area contributed by atoms with Crippen LogP contribution in [0.1, 0.15) is 30.4 Å². The number of amides is 1. The molecule has 1 fully saturated rings. The van der Waals surface area contributed by atoms with Crippen molar-refractivity contribution in [3.05, 3.63) is 35.4 Å². The Labute approximate surface area is 116 Å². The van der Waals surface area contributed by atoms with Crippen molar-refractivity contribution in [2.75, 3.05) is 20.1 Å². The van der Waals surface area contributed by atoms with Crippen LogP contribution in [0.15, 0.2) is 24.3 Å². The van der Waals surface area contributed by atoms with Gasteiger partial charge in [-0.15, -0.1) is 0 Å². The third-order valence-corrected chi connectivity index (χ3v) is 3.85. The minimum Gasteiger partial charge on any atom is -0.355 e. The molecule has 19 heavy (non-hydrogen) atoms. The first-order chi connectivity index (χ1) is 9.16. The Hall–Kier alpha value is -1.35. The number of carbonyl (C=O) groups is 1. The normalized spacial score (nSPS) is 19.6. The van der Waals surface area contributed by atoms with Crippen molar-refractivity contribution in [2.24, 2.45) is 0 Å². The molecule has 1 aliphatic heterocycles. The average Bonchev–Trinajstić information content (AvgIpc) is 2.81. The topological polar surface area (TPSA) is 32.3 Å². The van der Waals surface area contributed by atoms with Gasteiger partial charge in [-0.2, -0.15) is 0 Å². The van der Waals surface area contributed by atoms with E-state index in [1.165, 1.54) is 11.1 Å². The van der Waals surface area contributed by atoms with E-state index in [1.807, 2.05) is 7.05 Å². The van der Waals surface area contributed by atoms with E-state index in [9.17, 15) is 4.79 Å². The molecule has 1 atom stereocenters. The van der Waals surface area contributed by atoms with Crippen LogP contribution in [0.5, 0.6) is 0 Å². The van der Waals surface area contributed by atoms with Crippen LogP contribution in [0.25, 0.3) is 0 Å². The van der Waals surface area contributed by atoms with Gasteiger partial charge in [-0.3, -0.25) is 9.69 Å². The van der Waals surface area contributed by atoms with Crippen molar-refractivity contribution >= 4 is 5.91 Å². The van der Waals surface area contributed by atoms with Gasteiger partial charge >= 0.3 is 0 Å². The van der Waals surface area contributed by atoms with Gasteiger partial charge in [-0.1, -0.05) is 29.8 Å². The molecule has 1 amide bonds. The van der Waals surface area contributed by atoms with Gasteiger partial charge < -0.3 is 5.32 Å². The van der Waals surface area contributed by atoms with Gasteiger partial charge in [0.2, 0.25) is 5.91 Å². The number of aryl methyl sites for hydroxylation is 2. The second-order valence-corrected chi connectivity index (χ2v) is 5.52. The minimum absolute atomic E-state index is 0.0963. The Kier molecular flexibility index (Phi) is 4.97. The lowest BCUT2D eigenvalue weighted by Gasteiger charge is -2.18. The fourth-order valence-corrected chi connectivity index (χ4v) is 2.73. The highest BCUT2D eigenvalue weighted by atomic mass is 16.2. The number of nitrogens with zero attached hydrogens (tertiary/aromatic N) is 1. The zero-order valence-electron chi connectivity index (χ0n) is 12.0. The quantitative estimate of drug-likeness (QED) is 0.823. The molecule has 0 bridgehead atoms. The van der Waals surface area contributed by atoms with Crippen molar-refractivity contribution in [3.63, 3.8) is 0 Å². The van der Waals surface area contributed by atoms with Crippen LogP contribution in [-0.4, -0.2) is 37.0 Å². The predicted molar refractivity (Wildman–Crippen MR) is 78.2 cm³/mol. The molecule has 0 aromatic heterocycles. The summed E-state index contributed by atoms with van der Waals surface area (Å²) in [6.07, 6.45) is 4.17. The lowest BCUT2D eigenvalue weighted by molar-refractivity contribution is -0.125. The Morgan fingerprint density at radius 1 is 1.47 bits per heavy atom. The average molecular weight is 260 g/mol. The fraction of sp³-hybridized carbons (Fsp3) is 0.562. The van der Waals surface area contributed by atoms with Crippen LogP contribution in [-0.2, 0) is 11.2 Å². The van der Waals surface area contributed by atoms with Crippen LogP contribution in [0.3, 0.4) is 0 Å². The number of likely N-dealkylation sites (tertiary alicyclic amines) is 1. The molecular formula is C16H24N2O. The molecule has 2 rings (SSSR count). The van der Waals surface area contributed by atoms with Crippen LogP contribution in [0.2, 0.25) is 0 Å². The summed E-state index contributed by atoms with van der Waals surface area (Å²) < 4.78 is 0. The molecule has 1 aromatic carbocycles. The molecule has 0 radical (unpaired) electrons. The van der Waals surface area contributed by atoms with E-state index in [2.05, 4.69) is 41.4 Å². The van der Waals surface area contributed by atoms with Gasteiger partial charge in [-0.05, 0) is 51.8 Å². The summed E-state index contributed by atoms with van der Waals surface area (Å²) in [5.74, 6) is 0.198. The first kappa shape index (κ1) is 14.1. The molecule has 3 nitrogen and oxygen atoms in total. The summed E-state index contributed by atoms with van der Waals surface area (Å²) in [7, 11) is 2.03.